The summed E-state index contributed by atoms with van der Waals surface area (Å²) in [7, 11) is 0. The monoisotopic (exact) mass is 342 g/mol. The maximum atomic E-state index is 12.5. The first-order valence-electron chi connectivity index (χ1n) is 9.48. The first-order valence-corrected chi connectivity index (χ1v) is 9.48. The van der Waals surface area contributed by atoms with Gasteiger partial charge in [0, 0.05) is 23.7 Å². The smallest absolute Gasteiger partial charge is 0.273 e. The second kappa shape index (κ2) is 6.11. The van der Waals surface area contributed by atoms with E-state index < -0.39 is 4.92 Å². The SMILES string of the molecule is Cc1c(C(=O)NCCC23CC4CC(CC(C4)C2)C3)cccc1[N+](=O)[O-]. The molecular weight excluding hydrogens is 316 g/mol. The summed E-state index contributed by atoms with van der Waals surface area (Å²) >= 11 is 0. The molecule has 1 N–H and O–H groups in total. The van der Waals surface area contributed by atoms with Crippen molar-refractivity contribution in [3.8, 4) is 0 Å². The standard InChI is InChI=1S/C20H26N2O3/c1-13-17(3-2-4-18(13)22(24)25)19(23)21-6-5-20-10-14-7-15(11-20)9-16(8-14)12-20/h2-4,14-16H,5-12H2,1H3,(H,21,23). The second-order valence-electron chi connectivity index (χ2n) is 8.63. The van der Waals surface area contributed by atoms with Crippen LogP contribution in [0.4, 0.5) is 5.69 Å². The Kier molecular flexibility index (Phi) is 4.05. The molecule has 1 aromatic carbocycles. The molecule has 4 aliphatic rings. The van der Waals surface area contributed by atoms with Gasteiger partial charge in [0.25, 0.3) is 11.6 Å². The first kappa shape index (κ1) is 16.6. The molecule has 4 aliphatic carbocycles. The molecule has 4 saturated carbocycles. The van der Waals surface area contributed by atoms with Gasteiger partial charge in [-0.15, -0.1) is 0 Å². The molecular formula is C20H26N2O3. The molecule has 1 aromatic rings. The van der Waals surface area contributed by atoms with Crippen molar-refractivity contribution in [2.45, 2.75) is 51.9 Å². The number of carbonyl (C=O) groups excluding carboxylic acids is 1. The highest BCUT2D eigenvalue weighted by molar-refractivity contribution is 5.96. The lowest BCUT2D eigenvalue weighted by Gasteiger charge is -2.57. The van der Waals surface area contributed by atoms with E-state index >= 15 is 0 Å². The molecule has 0 atom stereocenters. The van der Waals surface area contributed by atoms with Crippen molar-refractivity contribution in [2.75, 3.05) is 6.54 Å². The Morgan fingerprint density at radius 3 is 2.36 bits per heavy atom. The molecule has 5 nitrogen and oxygen atoms in total. The third-order valence-electron chi connectivity index (χ3n) is 6.85. The van der Waals surface area contributed by atoms with E-state index in [0.29, 0.717) is 23.1 Å². The van der Waals surface area contributed by atoms with Crippen LogP contribution in [0.5, 0.6) is 0 Å². The quantitative estimate of drug-likeness (QED) is 0.642. The van der Waals surface area contributed by atoms with Gasteiger partial charge in [-0.2, -0.15) is 0 Å². The van der Waals surface area contributed by atoms with Crippen LogP contribution < -0.4 is 5.32 Å². The summed E-state index contributed by atoms with van der Waals surface area (Å²) in [6.45, 7) is 2.32. The van der Waals surface area contributed by atoms with Gasteiger partial charge in [0.1, 0.15) is 0 Å². The third-order valence-corrected chi connectivity index (χ3v) is 6.85. The maximum absolute atomic E-state index is 12.5. The highest BCUT2D eigenvalue weighted by atomic mass is 16.6. The number of carbonyl (C=O) groups is 1. The van der Waals surface area contributed by atoms with E-state index in [1.54, 1.807) is 19.1 Å². The molecule has 0 radical (unpaired) electrons. The van der Waals surface area contributed by atoms with Gasteiger partial charge in [-0.3, -0.25) is 14.9 Å². The van der Waals surface area contributed by atoms with Gasteiger partial charge in [-0.05, 0) is 81.1 Å². The van der Waals surface area contributed by atoms with Crippen molar-refractivity contribution in [3.63, 3.8) is 0 Å². The Balaban J connectivity index is 1.39. The van der Waals surface area contributed by atoms with Gasteiger partial charge in [-0.25, -0.2) is 0 Å². The molecule has 4 fully saturated rings. The van der Waals surface area contributed by atoms with E-state index in [2.05, 4.69) is 5.32 Å². The molecule has 0 saturated heterocycles. The van der Waals surface area contributed by atoms with Crippen molar-refractivity contribution >= 4 is 11.6 Å². The summed E-state index contributed by atoms with van der Waals surface area (Å²) in [6, 6.07) is 4.70. The summed E-state index contributed by atoms with van der Waals surface area (Å²) < 4.78 is 0. The summed E-state index contributed by atoms with van der Waals surface area (Å²) in [4.78, 5) is 23.1. The lowest BCUT2D eigenvalue weighted by atomic mass is 9.49. The summed E-state index contributed by atoms with van der Waals surface area (Å²) in [6.07, 6.45) is 9.35. The van der Waals surface area contributed by atoms with Crippen molar-refractivity contribution in [2.24, 2.45) is 23.2 Å². The van der Waals surface area contributed by atoms with Crippen LogP contribution in [0.1, 0.15) is 60.9 Å². The van der Waals surface area contributed by atoms with E-state index in [-0.39, 0.29) is 11.6 Å². The first-order chi connectivity index (χ1) is 12.0. The maximum Gasteiger partial charge on any atom is 0.273 e. The van der Waals surface area contributed by atoms with E-state index in [4.69, 9.17) is 0 Å². The molecule has 5 heteroatoms. The summed E-state index contributed by atoms with van der Waals surface area (Å²) in [5, 5.41) is 14.1. The van der Waals surface area contributed by atoms with Crippen molar-refractivity contribution in [1.29, 1.82) is 0 Å². The average Bonchev–Trinajstić information content (AvgIpc) is 2.53. The number of nitrogens with zero attached hydrogens (tertiary/aromatic N) is 1. The summed E-state index contributed by atoms with van der Waals surface area (Å²) in [5.41, 5.74) is 1.31. The number of hydrogen-bond acceptors (Lipinski definition) is 3. The van der Waals surface area contributed by atoms with Gasteiger partial charge in [0.05, 0.1) is 4.92 Å². The van der Waals surface area contributed by atoms with Gasteiger partial charge in [-0.1, -0.05) is 6.07 Å². The normalized spacial score (nSPS) is 32.6. The van der Waals surface area contributed by atoms with Crippen LogP contribution in [-0.2, 0) is 0 Å². The lowest BCUT2D eigenvalue weighted by molar-refractivity contribution is -0.385. The fourth-order valence-electron chi connectivity index (χ4n) is 6.20. The Hall–Kier alpha value is -1.91. The van der Waals surface area contributed by atoms with Crippen LogP contribution in [0.3, 0.4) is 0 Å². The van der Waals surface area contributed by atoms with Crippen molar-refractivity contribution < 1.29 is 9.72 Å². The molecule has 1 amide bonds. The molecule has 0 aromatic heterocycles. The van der Waals surface area contributed by atoms with Gasteiger partial charge < -0.3 is 5.32 Å². The zero-order valence-electron chi connectivity index (χ0n) is 14.8. The van der Waals surface area contributed by atoms with Crippen LogP contribution >= 0.6 is 0 Å². The zero-order valence-corrected chi connectivity index (χ0v) is 14.8. The highest BCUT2D eigenvalue weighted by Crippen LogP contribution is 2.61. The minimum absolute atomic E-state index is 0.00809. The number of nitro benzene ring substituents is 1. The van der Waals surface area contributed by atoms with Crippen LogP contribution in [0.2, 0.25) is 0 Å². The fraction of sp³-hybridized carbons (Fsp3) is 0.650. The number of rotatable bonds is 5. The lowest BCUT2D eigenvalue weighted by Crippen LogP contribution is -2.47. The Morgan fingerprint density at radius 2 is 1.80 bits per heavy atom. The topological polar surface area (TPSA) is 72.2 Å². The largest absolute Gasteiger partial charge is 0.352 e. The van der Waals surface area contributed by atoms with Crippen LogP contribution in [0.15, 0.2) is 18.2 Å². The molecule has 134 valence electrons. The molecule has 25 heavy (non-hydrogen) atoms. The van der Waals surface area contributed by atoms with E-state index in [9.17, 15) is 14.9 Å². The van der Waals surface area contributed by atoms with E-state index in [1.807, 2.05) is 0 Å². The van der Waals surface area contributed by atoms with Gasteiger partial charge in [0.15, 0.2) is 0 Å². The average molecular weight is 342 g/mol. The van der Waals surface area contributed by atoms with Gasteiger partial charge in [0.2, 0.25) is 0 Å². The molecule has 5 rings (SSSR count). The van der Waals surface area contributed by atoms with Crippen molar-refractivity contribution in [1.82, 2.24) is 5.32 Å². The van der Waals surface area contributed by atoms with Crippen LogP contribution in [0.25, 0.3) is 0 Å². The molecule has 0 heterocycles. The molecule has 0 aliphatic heterocycles. The molecule has 4 bridgehead atoms. The van der Waals surface area contributed by atoms with Crippen LogP contribution in [-0.4, -0.2) is 17.4 Å². The molecule has 0 unspecified atom stereocenters. The third kappa shape index (κ3) is 3.05. The van der Waals surface area contributed by atoms with Crippen LogP contribution in [0, 0.1) is 40.2 Å². The zero-order chi connectivity index (χ0) is 17.6. The number of hydrogen-bond donors (Lipinski definition) is 1. The van der Waals surface area contributed by atoms with E-state index in [1.165, 1.54) is 44.6 Å². The number of benzene rings is 1. The fourth-order valence-corrected chi connectivity index (χ4v) is 6.20. The van der Waals surface area contributed by atoms with Gasteiger partial charge >= 0.3 is 0 Å². The Labute approximate surface area is 148 Å². The number of nitrogens with one attached hydrogen (secondary N) is 1. The number of amides is 1. The summed E-state index contributed by atoms with van der Waals surface area (Å²) in [5.74, 6) is 2.56. The minimum Gasteiger partial charge on any atom is -0.352 e. The Bertz CT molecular complexity index is 678. The van der Waals surface area contributed by atoms with E-state index in [0.717, 1.165) is 24.2 Å². The highest BCUT2D eigenvalue weighted by Gasteiger charge is 2.50. The van der Waals surface area contributed by atoms with Crippen molar-refractivity contribution in [3.05, 3.63) is 39.4 Å². The predicted octanol–water partition coefficient (Wildman–Crippen LogP) is 4.24. The second-order valence-corrected chi connectivity index (χ2v) is 8.63. The minimum atomic E-state index is -0.429. The molecule has 0 spiro atoms. The number of nitro groups is 1. The predicted molar refractivity (Wildman–Crippen MR) is 95.4 cm³/mol. The Morgan fingerprint density at radius 1 is 1.20 bits per heavy atom.